The number of nitrogens with two attached hydrogens (primary N) is 1. The molecule has 0 spiro atoms. The van der Waals surface area contributed by atoms with Crippen LogP contribution in [0.25, 0.3) is 28.0 Å². The summed E-state index contributed by atoms with van der Waals surface area (Å²) < 4.78 is 1.79. The summed E-state index contributed by atoms with van der Waals surface area (Å²) in [5.74, 6) is 1.24. The van der Waals surface area contributed by atoms with Gasteiger partial charge < -0.3 is 10.8 Å². The molecule has 0 aliphatic heterocycles. The van der Waals surface area contributed by atoms with Crippen LogP contribution in [0.5, 0.6) is 0 Å². The molecule has 1 aliphatic carbocycles. The van der Waals surface area contributed by atoms with Gasteiger partial charge in [-0.1, -0.05) is 24.3 Å². The Bertz CT molecular complexity index is 1150. The van der Waals surface area contributed by atoms with Gasteiger partial charge in [-0.15, -0.1) is 0 Å². The Kier molecular flexibility index (Phi) is 4.15. The Labute approximate surface area is 162 Å². The molecule has 0 saturated heterocycles. The topological polar surface area (TPSA) is 89.8 Å². The predicted molar refractivity (Wildman–Crippen MR) is 108 cm³/mol. The number of aromatic nitrogens is 4. The SMILES string of the molecule is N[C@H](c1cccc(-c2ccc3cnn(-c4cccc(CO)n4)c3c2)n1)C1CC1. The van der Waals surface area contributed by atoms with Crippen molar-refractivity contribution >= 4 is 10.9 Å². The highest BCUT2D eigenvalue weighted by atomic mass is 16.3. The van der Waals surface area contributed by atoms with E-state index in [4.69, 9.17) is 10.7 Å². The molecule has 5 rings (SSSR count). The number of benzene rings is 1. The zero-order valence-corrected chi connectivity index (χ0v) is 15.4. The van der Waals surface area contributed by atoms with Crippen molar-refractivity contribution in [3.63, 3.8) is 0 Å². The molecule has 28 heavy (non-hydrogen) atoms. The van der Waals surface area contributed by atoms with E-state index in [0.717, 1.165) is 27.9 Å². The summed E-state index contributed by atoms with van der Waals surface area (Å²) in [6.45, 7) is -0.101. The van der Waals surface area contributed by atoms with Gasteiger partial charge in [0.2, 0.25) is 0 Å². The van der Waals surface area contributed by atoms with E-state index in [9.17, 15) is 5.11 Å². The minimum absolute atomic E-state index is 0.0135. The van der Waals surface area contributed by atoms with Crippen LogP contribution in [-0.2, 0) is 6.61 Å². The molecule has 1 aliphatic rings. The monoisotopic (exact) mass is 371 g/mol. The molecular weight excluding hydrogens is 350 g/mol. The van der Waals surface area contributed by atoms with Crippen LogP contribution in [0, 0.1) is 5.92 Å². The number of hydrogen-bond donors (Lipinski definition) is 2. The van der Waals surface area contributed by atoms with Crippen molar-refractivity contribution in [2.24, 2.45) is 11.7 Å². The van der Waals surface area contributed by atoms with Gasteiger partial charge in [-0.05, 0) is 49.1 Å². The highest BCUT2D eigenvalue weighted by molar-refractivity contribution is 5.84. The van der Waals surface area contributed by atoms with Crippen LogP contribution in [0.2, 0.25) is 0 Å². The van der Waals surface area contributed by atoms with Gasteiger partial charge in [0, 0.05) is 17.0 Å². The van der Waals surface area contributed by atoms with E-state index in [1.54, 1.807) is 10.7 Å². The first-order valence-electron chi connectivity index (χ1n) is 9.51. The quantitative estimate of drug-likeness (QED) is 0.561. The molecule has 6 heteroatoms. The lowest BCUT2D eigenvalue weighted by Gasteiger charge is -2.11. The van der Waals surface area contributed by atoms with Crippen LogP contribution in [0.3, 0.4) is 0 Å². The van der Waals surface area contributed by atoms with Crippen molar-refractivity contribution in [3.05, 3.63) is 72.2 Å². The summed E-state index contributed by atoms with van der Waals surface area (Å²) >= 11 is 0. The summed E-state index contributed by atoms with van der Waals surface area (Å²) in [5, 5.41) is 14.9. The number of aliphatic hydroxyl groups is 1. The number of nitrogens with zero attached hydrogens (tertiary/aromatic N) is 4. The number of hydrogen-bond acceptors (Lipinski definition) is 5. The first kappa shape index (κ1) is 17.0. The van der Waals surface area contributed by atoms with E-state index in [0.29, 0.717) is 17.4 Å². The van der Waals surface area contributed by atoms with Crippen molar-refractivity contribution in [1.29, 1.82) is 0 Å². The lowest BCUT2D eigenvalue weighted by atomic mass is 10.1. The van der Waals surface area contributed by atoms with E-state index in [1.165, 1.54) is 12.8 Å². The maximum absolute atomic E-state index is 9.37. The van der Waals surface area contributed by atoms with Gasteiger partial charge in [-0.2, -0.15) is 5.10 Å². The lowest BCUT2D eigenvalue weighted by Crippen LogP contribution is -2.14. The molecule has 3 N–H and O–H groups in total. The zero-order valence-electron chi connectivity index (χ0n) is 15.4. The number of aliphatic hydroxyl groups excluding tert-OH is 1. The Balaban J connectivity index is 1.57. The Hall–Kier alpha value is -3.09. The smallest absolute Gasteiger partial charge is 0.154 e. The Morgan fingerprint density at radius 1 is 1.07 bits per heavy atom. The highest BCUT2D eigenvalue weighted by Crippen LogP contribution is 2.39. The third kappa shape index (κ3) is 3.06. The third-order valence-corrected chi connectivity index (χ3v) is 5.28. The fourth-order valence-electron chi connectivity index (χ4n) is 3.53. The standard InChI is InChI=1S/C22H21N5O/c23-22(14-7-8-14)19-5-2-4-18(26-19)15-9-10-16-12-24-27(20(16)11-15)21-6-1-3-17(13-28)25-21/h1-6,9-12,14,22,28H,7-8,13,23H2/t22-/m0/s1. The fourth-order valence-corrected chi connectivity index (χ4v) is 3.53. The molecule has 1 aromatic carbocycles. The van der Waals surface area contributed by atoms with Crippen LogP contribution in [-0.4, -0.2) is 24.9 Å². The van der Waals surface area contributed by atoms with Gasteiger partial charge in [0.05, 0.1) is 35.4 Å². The second-order valence-electron chi connectivity index (χ2n) is 7.29. The molecule has 1 fully saturated rings. The van der Waals surface area contributed by atoms with Crippen LogP contribution < -0.4 is 5.73 Å². The van der Waals surface area contributed by atoms with Crippen LogP contribution in [0.4, 0.5) is 0 Å². The Morgan fingerprint density at radius 3 is 2.75 bits per heavy atom. The molecular formula is C22H21N5O. The molecule has 0 unspecified atom stereocenters. The first-order chi connectivity index (χ1) is 13.7. The van der Waals surface area contributed by atoms with E-state index in [-0.39, 0.29) is 12.6 Å². The molecule has 0 bridgehead atoms. The van der Waals surface area contributed by atoms with Crippen molar-refractivity contribution in [1.82, 2.24) is 19.7 Å². The number of rotatable bonds is 5. The summed E-state index contributed by atoms with van der Waals surface area (Å²) in [5.41, 5.74) is 10.8. The minimum Gasteiger partial charge on any atom is -0.390 e. The third-order valence-electron chi connectivity index (χ3n) is 5.28. The summed E-state index contributed by atoms with van der Waals surface area (Å²) in [6.07, 6.45) is 4.20. The molecule has 1 saturated carbocycles. The van der Waals surface area contributed by atoms with Gasteiger partial charge in [0.25, 0.3) is 0 Å². The van der Waals surface area contributed by atoms with Gasteiger partial charge in [-0.25, -0.2) is 9.67 Å². The number of pyridine rings is 2. The van der Waals surface area contributed by atoms with Gasteiger partial charge in [-0.3, -0.25) is 4.98 Å². The molecule has 1 atom stereocenters. The highest BCUT2D eigenvalue weighted by Gasteiger charge is 2.30. The van der Waals surface area contributed by atoms with Crippen LogP contribution >= 0.6 is 0 Å². The Morgan fingerprint density at radius 2 is 1.93 bits per heavy atom. The second-order valence-corrected chi connectivity index (χ2v) is 7.29. The van der Waals surface area contributed by atoms with E-state index in [1.807, 2.05) is 42.6 Å². The van der Waals surface area contributed by atoms with Crippen molar-refractivity contribution in [3.8, 4) is 17.1 Å². The molecule has 3 aromatic heterocycles. The van der Waals surface area contributed by atoms with Crippen molar-refractivity contribution in [2.45, 2.75) is 25.5 Å². The van der Waals surface area contributed by atoms with E-state index < -0.39 is 0 Å². The fraction of sp³-hybridized carbons (Fsp3) is 0.227. The normalized spacial score (nSPS) is 15.1. The van der Waals surface area contributed by atoms with Crippen molar-refractivity contribution < 1.29 is 5.11 Å². The predicted octanol–water partition coefficient (Wildman–Crippen LogP) is 3.38. The second kappa shape index (κ2) is 6.82. The average molecular weight is 371 g/mol. The van der Waals surface area contributed by atoms with Gasteiger partial charge in [0.15, 0.2) is 5.82 Å². The summed E-state index contributed by atoms with van der Waals surface area (Å²) in [4.78, 5) is 9.29. The number of fused-ring (bicyclic) bond motifs is 1. The summed E-state index contributed by atoms with van der Waals surface area (Å²) in [6, 6.07) is 17.8. The van der Waals surface area contributed by atoms with E-state index >= 15 is 0 Å². The maximum Gasteiger partial charge on any atom is 0.154 e. The summed E-state index contributed by atoms with van der Waals surface area (Å²) in [7, 11) is 0. The molecule has 3 heterocycles. The van der Waals surface area contributed by atoms with Gasteiger partial charge >= 0.3 is 0 Å². The maximum atomic E-state index is 9.37. The van der Waals surface area contributed by atoms with Crippen LogP contribution in [0.1, 0.15) is 30.3 Å². The molecule has 4 aromatic rings. The van der Waals surface area contributed by atoms with Crippen LogP contribution in [0.15, 0.2) is 60.8 Å². The van der Waals surface area contributed by atoms with Gasteiger partial charge in [0.1, 0.15) is 0 Å². The zero-order chi connectivity index (χ0) is 19.1. The van der Waals surface area contributed by atoms with Crippen molar-refractivity contribution in [2.75, 3.05) is 0 Å². The molecule has 6 nitrogen and oxygen atoms in total. The molecule has 0 radical (unpaired) electrons. The average Bonchev–Trinajstić information content (AvgIpc) is 3.52. The minimum atomic E-state index is -0.101. The molecule has 0 amide bonds. The largest absolute Gasteiger partial charge is 0.390 e. The molecule has 140 valence electrons. The van der Waals surface area contributed by atoms with E-state index in [2.05, 4.69) is 22.2 Å². The first-order valence-corrected chi connectivity index (χ1v) is 9.51. The lowest BCUT2D eigenvalue weighted by molar-refractivity contribution is 0.276.